The zero-order chi connectivity index (χ0) is 24.4. The van der Waals surface area contributed by atoms with Gasteiger partial charge in [-0.15, -0.1) is 0 Å². The van der Waals surface area contributed by atoms with Gasteiger partial charge < -0.3 is 14.5 Å². The fraction of sp³-hybridized carbons (Fsp3) is 0.417. The van der Waals surface area contributed by atoms with E-state index < -0.39 is 27.6 Å². The molecule has 0 aliphatic rings. The number of fused-ring (bicyclic) bond motifs is 1. The predicted molar refractivity (Wildman–Crippen MR) is 126 cm³/mol. The van der Waals surface area contributed by atoms with Crippen molar-refractivity contribution in [1.82, 2.24) is 14.3 Å². The summed E-state index contributed by atoms with van der Waals surface area (Å²) in [5, 5.41) is 0. The third-order valence-corrected chi connectivity index (χ3v) is 6.92. The maximum Gasteiger partial charge on any atom is 0.325 e. The first-order valence-electron chi connectivity index (χ1n) is 10.7. The molecule has 0 aliphatic carbocycles. The minimum atomic E-state index is -4.06. The maximum atomic E-state index is 13.8. The fourth-order valence-corrected chi connectivity index (χ4v) is 5.26. The molecular weight excluding hydrogens is 442 g/mol. The van der Waals surface area contributed by atoms with Gasteiger partial charge in [0.05, 0.1) is 29.4 Å². The third-order valence-electron chi connectivity index (χ3n) is 5.08. The Morgan fingerprint density at radius 3 is 2.36 bits per heavy atom. The van der Waals surface area contributed by atoms with Crippen molar-refractivity contribution in [1.29, 1.82) is 0 Å². The fourth-order valence-electron chi connectivity index (χ4n) is 3.56. The van der Waals surface area contributed by atoms with Gasteiger partial charge in [0.1, 0.15) is 17.4 Å². The quantitative estimate of drug-likeness (QED) is 0.494. The van der Waals surface area contributed by atoms with Crippen LogP contribution in [0.25, 0.3) is 11.0 Å². The molecule has 1 aromatic heterocycles. The number of hydrogen-bond acceptors (Lipinski definition) is 6. The number of carbonyl (C=O) groups excluding carboxylic acids is 1. The van der Waals surface area contributed by atoms with E-state index in [4.69, 9.17) is 9.47 Å². The molecule has 1 atom stereocenters. The largest absolute Gasteiger partial charge is 0.497 e. The molecule has 0 bridgehead atoms. The van der Waals surface area contributed by atoms with Crippen molar-refractivity contribution < 1.29 is 22.7 Å². The molecule has 3 rings (SSSR count). The molecule has 0 spiro atoms. The Bertz CT molecular complexity index is 1210. The third kappa shape index (κ3) is 5.72. The van der Waals surface area contributed by atoms with Crippen molar-refractivity contribution in [2.75, 3.05) is 7.11 Å². The van der Waals surface area contributed by atoms with Crippen LogP contribution in [0.5, 0.6) is 5.75 Å². The average molecular weight is 474 g/mol. The molecule has 1 heterocycles. The van der Waals surface area contributed by atoms with Gasteiger partial charge in [-0.1, -0.05) is 19.9 Å². The summed E-state index contributed by atoms with van der Waals surface area (Å²) in [5.41, 5.74) is 1.52. The predicted octanol–water partition coefficient (Wildman–Crippen LogP) is 4.13. The Morgan fingerprint density at radius 2 is 1.79 bits per heavy atom. The molecule has 0 saturated carbocycles. The first-order valence-corrected chi connectivity index (χ1v) is 12.2. The smallest absolute Gasteiger partial charge is 0.325 e. The minimum Gasteiger partial charge on any atom is -0.497 e. The van der Waals surface area contributed by atoms with Gasteiger partial charge >= 0.3 is 5.97 Å². The topological polar surface area (TPSA) is 102 Å². The van der Waals surface area contributed by atoms with Crippen molar-refractivity contribution in [2.24, 2.45) is 5.92 Å². The van der Waals surface area contributed by atoms with Crippen LogP contribution in [-0.2, 0) is 26.1 Å². The van der Waals surface area contributed by atoms with Crippen LogP contribution < -0.4 is 4.74 Å². The summed E-state index contributed by atoms with van der Waals surface area (Å²) in [4.78, 5) is 20.5. The summed E-state index contributed by atoms with van der Waals surface area (Å²) >= 11 is 0. The highest BCUT2D eigenvalue weighted by molar-refractivity contribution is 7.89. The molecule has 0 aliphatic heterocycles. The second-order valence-corrected chi connectivity index (χ2v) is 11.1. The number of hydrogen-bond donors (Lipinski definition) is 1. The van der Waals surface area contributed by atoms with Gasteiger partial charge in [0, 0.05) is 6.54 Å². The van der Waals surface area contributed by atoms with Gasteiger partial charge in [0.15, 0.2) is 0 Å². The molecule has 178 valence electrons. The van der Waals surface area contributed by atoms with Gasteiger partial charge in [-0.05, 0) is 68.7 Å². The second-order valence-electron chi connectivity index (χ2n) is 9.20. The Balaban J connectivity index is 2.09. The van der Waals surface area contributed by atoms with Crippen molar-refractivity contribution in [2.45, 2.75) is 57.7 Å². The number of esters is 1. The number of carbonyl (C=O) groups is 1. The number of methoxy groups -OCH3 is 1. The van der Waals surface area contributed by atoms with Crippen LogP contribution >= 0.6 is 0 Å². The van der Waals surface area contributed by atoms with Gasteiger partial charge in [0.2, 0.25) is 10.0 Å². The van der Waals surface area contributed by atoms with Crippen molar-refractivity contribution in [3.8, 4) is 5.75 Å². The summed E-state index contributed by atoms with van der Waals surface area (Å²) in [5.74, 6) is -0.376. The lowest BCUT2D eigenvalue weighted by molar-refractivity contribution is -0.161. The van der Waals surface area contributed by atoms with Gasteiger partial charge in [0.25, 0.3) is 0 Å². The molecular formula is C24H31N3O5S. The SMILES string of the molecule is COc1ccc(S(=O)(=O)N(Cc2ccc3nc[nH]c3c2)C(C(=O)OC(C)(C)C)C(C)C)cc1. The number of sulfonamides is 1. The number of nitrogens with zero attached hydrogens (tertiary/aromatic N) is 2. The molecule has 9 heteroatoms. The summed E-state index contributed by atoms with van der Waals surface area (Å²) in [6.45, 7) is 8.89. The van der Waals surface area contributed by atoms with Crippen LogP contribution in [0.15, 0.2) is 53.7 Å². The number of aromatic amines is 1. The molecule has 3 aromatic rings. The first-order chi connectivity index (χ1) is 15.4. The van der Waals surface area contributed by atoms with E-state index in [-0.39, 0.29) is 17.4 Å². The van der Waals surface area contributed by atoms with E-state index in [9.17, 15) is 13.2 Å². The molecule has 1 N–H and O–H groups in total. The van der Waals surface area contributed by atoms with Crippen molar-refractivity contribution >= 4 is 27.0 Å². The highest BCUT2D eigenvalue weighted by atomic mass is 32.2. The zero-order valence-electron chi connectivity index (χ0n) is 19.8. The Kier molecular flexibility index (Phi) is 7.14. The minimum absolute atomic E-state index is 0.00852. The van der Waals surface area contributed by atoms with E-state index in [1.165, 1.54) is 23.5 Å². The van der Waals surface area contributed by atoms with Crippen molar-refractivity contribution in [3.63, 3.8) is 0 Å². The van der Waals surface area contributed by atoms with E-state index >= 15 is 0 Å². The molecule has 0 amide bonds. The number of nitrogens with one attached hydrogen (secondary N) is 1. The summed E-state index contributed by atoms with van der Waals surface area (Å²) in [6.07, 6.45) is 1.58. The summed E-state index contributed by atoms with van der Waals surface area (Å²) in [7, 11) is -2.55. The Morgan fingerprint density at radius 1 is 1.12 bits per heavy atom. The number of benzene rings is 2. The second kappa shape index (κ2) is 9.52. The summed E-state index contributed by atoms with van der Waals surface area (Å²) < 4.78 is 39.7. The number of imidazole rings is 1. The van der Waals surface area contributed by atoms with Crippen molar-refractivity contribution in [3.05, 3.63) is 54.4 Å². The van der Waals surface area contributed by atoms with Crippen LogP contribution in [0.3, 0.4) is 0 Å². The van der Waals surface area contributed by atoms with Crippen LogP contribution in [0, 0.1) is 5.92 Å². The zero-order valence-corrected chi connectivity index (χ0v) is 20.6. The normalized spacial score (nSPS) is 13.5. The molecule has 0 radical (unpaired) electrons. The number of rotatable bonds is 8. The van der Waals surface area contributed by atoms with E-state index in [1.54, 1.807) is 39.2 Å². The summed E-state index contributed by atoms with van der Waals surface area (Å²) in [6, 6.07) is 10.6. The van der Waals surface area contributed by atoms with E-state index in [0.29, 0.717) is 5.75 Å². The lowest BCUT2D eigenvalue weighted by Crippen LogP contribution is -2.49. The van der Waals surface area contributed by atoms with Crippen LogP contribution in [-0.4, -0.2) is 47.4 Å². The van der Waals surface area contributed by atoms with E-state index in [1.807, 2.05) is 32.0 Å². The lowest BCUT2D eigenvalue weighted by atomic mass is 10.0. The van der Waals surface area contributed by atoms with E-state index in [2.05, 4.69) is 9.97 Å². The van der Waals surface area contributed by atoms with Gasteiger partial charge in [-0.2, -0.15) is 4.31 Å². The molecule has 0 fully saturated rings. The number of aromatic nitrogens is 2. The van der Waals surface area contributed by atoms with E-state index in [0.717, 1.165) is 16.6 Å². The average Bonchev–Trinajstić information content (AvgIpc) is 3.19. The number of H-pyrrole nitrogens is 1. The molecule has 8 nitrogen and oxygen atoms in total. The Labute approximate surface area is 195 Å². The van der Waals surface area contributed by atoms with Crippen LogP contribution in [0.4, 0.5) is 0 Å². The first kappa shape index (κ1) is 24.7. The monoisotopic (exact) mass is 473 g/mol. The van der Waals surface area contributed by atoms with Crippen LogP contribution in [0.1, 0.15) is 40.2 Å². The molecule has 33 heavy (non-hydrogen) atoms. The Hall–Kier alpha value is -2.91. The maximum absolute atomic E-state index is 13.8. The molecule has 0 saturated heterocycles. The van der Waals surface area contributed by atoms with Gasteiger partial charge in [-0.25, -0.2) is 13.4 Å². The van der Waals surface area contributed by atoms with Gasteiger partial charge in [-0.3, -0.25) is 4.79 Å². The highest BCUT2D eigenvalue weighted by Crippen LogP contribution is 2.28. The molecule has 1 unspecified atom stereocenters. The number of ether oxygens (including phenoxy) is 2. The van der Waals surface area contributed by atoms with Crippen LogP contribution in [0.2, 0.25) is 0 Å². The highest BCUT2D eigenvalue weighted by Gasteiger charge is 2.40. The standard InChI is InChI=1S/C24H31N3O5S/c1-16(2)22(23(28)32-24(3,4)5)27(14-17-7-12-20-21(13-17)26-15-25-20)33(29,30)19-10-8-18(31-6)9-11-19/h7-13,15-16,22H,14H2,1-6H3,(H,25,26). The lowest BCUT2D eigenvalue weighted by Gasteiger charge is -2.34. The molecule has 2 aromatic carbocycles.